The first-order valence-electron chi connectivity index (χ1n) is 7.69. The summed E-state index contributed by atoms with van der Waals surface area (Å²) < 4.78 is 10.8. The first-order valence-corrected chi connectivity index (χ1v) is 7.69. The molecule has 0 aliphatic carbocycles. The van der Waals surface area contributed by atoms with Crippen molar-refractivity contribution >= 4 is 5.91 Å². The van der Waals surface area contributed by atoms with Gasteiger partial charge in [-0.2, -0.15) is 0 Å². The predicted octanol–water partition coefficient (Wildman–Crippen LogP) is 2.27. The van der Waals surface area contributed by atoms with Gasteiger partial charge < -0.3 is 14.4 Å². The SMILES string of the molecule is COc1cccc(CCN2C[C@]3(CCOC3)CCC2=O)c1. The molecule has 1 amide bonds. The Morgan fingerprint density at radius 1 is 1.38 bits per heavy atom. The molecule has 3 rings (SSSR count). The van der Waals surface area contributed by atoms with Crippen molar-refractivity contribution in [1.82, 2.24) is 4.90 Å². The summed E-state index contributed by atoms with van der Waals surface area (Å²) in [6, 6.07) is 8.08. The average molecular weight is 289 g/mol. The number of piperidine rings is 1. The van der Waals surface area contributed by atoms with Crippen molar-refractivity contribution in [2.45, 2.75) is 25.7 Å². The van der Waals surface area contributed by atoms with E-state index in [1.165, 1.54) is 5.56 Å². The molecule has 0 saturated carbocycles. The summed E-state index contributed by atoms with van der Waals surface area (Å²) in [7, 11) is 1.68. The lowest BCUT2D eigenvalue weighted by atomic mass is 9.79. The molecule has 0 unspecified atom stereocenters. The fraction of sp³-hybridized carbons (Fsp3) is 0.588. The molecule has 0 radical (unpaired) electrons. The summed E-state index contributed by atoms with van der Waals surface area (Å²) in [5.41, 5.74) is 1.44. The fourth-order valence-corrected chi connectivity index (χ4v) is 3.37. The number of likely N-dealkylation sites (tertiary alicyclic amines) is 1. The Kier molecular flexibility index (Phi) is 4.15. The minimum absolute atomic E-state index is 0.224. The Morgan fingerprint density at radius 3 is 3.05 bits per heavy atom. The van der Waals surface area contributed by atoms with E-state index in [0.29, 0.717) is 6.42 Å². The molecule has 4 heteroatoms. The molecular weight excluding hydrogens is 266 g/mol. The number of hydrogen-bond donors (Lipinski definition) is 0. The van der Waals surface area contributed by atoms with E-state index in [1.54, 1.807) is 7.11 Å². The summed E-state index contributed by atoms with van der Waals surface area (Å²) in [6.45, 7) is 3.30. The maximum atomic E-state index is 12.1. The quantitative estimate of drug-likeness (QED) is 0.853. The van der Waals surface area contributed by atoms with Crippen LogP contribution in [0.2, 0.25) is 0 Å². The summed E-state index contributed by atoms with van der Waals surface area (Å²) in [6.07, 6.45) is 3.62. The molecular formula is C17H23NO3. The predicted molar refractivity (Wildman–Crippen MR) is 80.4 cm³/mol. The van der Waals surface area contributed by atoms with Crippen LogP contribution in [-0.2, 0) is 16.0 Å². The molecule has 4 nitrogen and oxygen atoms in total. The van der Waals surface area contributed by atoms with Gasteiger partial charge in [0.2, 0.25) is 5.91 Å². The highest BCUT2D eigenvalue weighted by Crippen LogP contribution is 2.38. The minimum atomic E-state index is 0.224. The maximum Gasteiger partial charge on any atom is 0.222 e. The van der Waals surface area contributed by atoms with Crippen LogP contribution in [0.25, 0.3) is 0 Å². The molecule has 1 spiro atoms. The smallest absolute Gasteiger partial charge is 0.222 e. The van der Waals surface area contributed by atoms with Crippen LogP contribution in [-0.4, -0.2) is 44.2 Å². The van der Waals surface area contributed by atoms with E-state index >= 15 is 0 Å². The van der Waals surface area contributed by atoms with Gasteiger partial charge in [-0.25, -0.2) is 0 Å². The number of amides is 1. The van der Waals surface area contributed by atoms with E-state index in [1.807, 2.05) is 23.1 Å². The molecule has 2 aliphatic rings. The zero-order chi connectivity index (χ0) is 14.7. The zero-order valence-electron chi connectivity index (χ0n) is 12.6. The lowest BCUT2D eigenvalue weighted by Crippen LogP contribution is -2.47. The monoisotopic (exact) mass is 289 g/mol. The molecule has 21 heavy (non-hydrogen) atoms. The third-order valence-electron chi connectivity index (χ3n) is 4.74. The van der Waals surface area contributed by atoms with E-state index in [9.17, 15) is 4.79 Å². The Labute approximate surface area is 126 Å². The van der Waals surface area contributed by atoms with Gasteiger partial charge in [-0.1, -0.05) is 12.1 Å². The van der Waals surface area contributed by atoms with Crippen LogP contribution in [0.4, 0.5) is 0 Å². The number of rotatable bonds is 4. The van der Waals surface area contributed by atoms with Gasteiger partial charge in [-0.15, -0.1) is 0 Å². The molecule has 2 aliphatic heterocycles. The third-order valence-corrected chi connectivity index (χ3v) is 4.74. The van der Waals surface area contributed by atoms with Crippen LogP contribution in [0.1, 0.15) is 24.8 Å². The van der Waals surface area contributed by atoms with Crippen LogP contribution < -0.4 is 4.74 Å². The van der Waals surface area contributed by atoms with Gasteiger partial charge >= 0.3 is 0 Å². The highest BCUT2D eigenvalue weighted by Gasteiger charge is 2.41. The van der Waals surface area contributed by atoms with Crippen LogP contribution >= 0.6 is 0 Å². The molecule has 1 aromatic rings. The number of carbonyl (C=O) groups excluding carboxylic acids is 1. The number of hydrogen-bond acceptors (Lipinski definition) is 3. The van der Waals surface area contributed by atoms with Crippen molar-refractivity contribution in [2.24, 2.45) is 5.41 Å². The lowest BCUT2D eigenvalue weighted by molar-refractivity contribution is -0.137. The second-order valence-corrected chi connectivity index (χ2v) is 6.22. The van der Waals surface area contributed by atoms with E-state index in [0.717, 1.165) is 51.3 Å². The van der Waals surface area contributed by atoms with Crippen molar-refractivity contribution in [3.05, 3.63) is 29.8 Å². The van der Waals surface area contributed by atoms with Crippen molar-refractivity contribution < 1.29 is 14.3 Å². The van der Waals surface area contributed by atoms with Crippen LogP contribution in [0.5, 0.6) is 5.75 Å². The van der Waals surface area contributed by atoms with Crippen molar-refractivity contribution in [1.29, 1.82) is 0 Å². The van der Waals surface area contributed by atoms with Crippen molar-refractivity contribution in [2.75, 3.05) is 33.4 Å². The molecule has 2 fully saturated rings. The van der Waals surface area contributed by atoms with Crippen molar-refractivity contribution in [3.63, 3.8) is 0 Å². The van der Waals surface area contributed by atoms with E-state index in [2.05, 4.69) is 6.07 Å². The Morgan fingerprint density at radius 2 is 2.29 bits per heavy atom. The second kappa shape index (κ2) is 6.06. The van der Waals surface area contributed by atoms with Crippen molar-refractivity contribution in [3.8, 4) is 5.75 Å². The molecule has 0 aromatic heterocycles. The molecule has 1 atom stereocenters. The van der Waals surface area contributed by atoms with Gasteiger partial charge in [0.1, 0.15) is 5.75 Å². The molecule has 0 bridgehead atoms. The first kappa shape index (κ1) is 14.4. The van der Waals surface area contributed by atoms with E-state index in [4.69, 9.17) is 9.47 Å². The van der Waals surface area contributed by atoms with Gasteiger partial charge in [0.15, 0.2) is 0 Å². The number of nitrogens with zero attached hydrogens (tertiary/aromatic N) is 1. The van der Waals surface area contributed by atoms with E-state index < -0.39 is 0 Å². The molecule has 0 N–H and O–H groups in total. The standard InChI is InChI=1S/C17H23NO3/c1-20-15-4-2-3-14(11-15)6-9-18-12-17(7-5-16(18)19)8-10-21-13-17/h2-4,11H,5-10,12-13H2,1H3/t17-/m1/s1. The minimum Gasteiger partial charge on any atom is -0.497 e. The van der Waals surface area contributed by atoms with Gasteiger partial charge in [0.25, 0.3) is 0 Å². The van der Waals surface area contributed by atoms with Crippen LogP contribution in [0, 0.1) is 5.41 Å². The highest BCUT2D eigenvalue weighted by atomic mass is 16.5. The Bertz CT molecular complexity index is 509. The molecule has 114 valence electrons. The number of ether oxygens (including phenoxy) is 2. The largest absolute Gasteiger partial charge is 0.497 e. The number of carbonyl (C=O) groups is 1. The average Bonchev–Trinajstić information content (AvgIpc) is 2.97. The Hall–Kier alpha value is -1.55. The number of benzene rings is 1. The molecule has 1 aromatic carbocycles. The van der Waals surface area contributed by atoms with Gasteiger partial charge in [0.05, 0.1) is 13.7 Å². The normalized spacial score (nSPS) is 25.6. The number of methoxy groups -OCH3 is 1. The van der Waals surface area contributed by atoms with Gasteiger partial charge in [-0.3, -0.25) is 4.79 Å². The lowest BCUT2D eigenvalue weighted by Gasteiger charge is -2.39. The van der Waals surface area contributed by atoms with Crippen LogP contribution in [0.15, 0.2) is 24.3 Å². The van der Waals surface area contributed by atoms with Crippen LogP contribution in [0.3, 0.4) is 0 Å². The maximum absolute atomic E-state index is 12.1. The molecule has 2 heterocycles. The fourth-order valence-electron chi connectivity index (χ4n) is 3.37. The van der Waals surface area contributed by atoms with E-state index in [-0.39, 0.29) is 11.3 Å². The second-order valence-electron chi connectivity index (χ2n) is 6.22. The third kappa shape index (κ3) is 3.21. The topological polar surface area (TPSA) is 38.8 Å². The highest BCUT2D eigenvalue weighted by molar-refractivity contribution is 5.77. The Balaban J connectivity index is 1.61. The summed E-state index contributed by atoms with van der Waals surface area (Å²) in [5, 5.41) is 0. The zero-order valence-corrected chi connectivity index (χ0v) is 12.6. The summed E-state index contributed by atoms with van der Waals surface area (Å²) in [4.78, 5) is 14.2. The first-order chi connectivity index (χ1) is 10.2. The van der Waals surface area contributed by atoms with Gasteiger partial charge in [-0.05, 0) is 37.0 Å². The summed E-state index contributed by atoms with van der Waals surface area (Å²) >= 11 is 0. The summed E-state index contributed by atoms with van der Waals surface area (Å²) in [5.74, 6) is 1.16. The van der Waals surface area contributed by atoms with Gasteiger partial charge in [0, 0.05) is 31.5 Å². The molecule has 2 saturated heterocycles.